The number of hydrogen-bond acceptors (Lipinski definition) is 5. The molecule has 1 aliphatic rings. The highest BCUT2D eigenvalue weighted by Crippen LogP contribution is 2.45. The number of fused-ring (bicyclic) bond motifs is 1. The summed E-state index contributed by atoms with van der Waals surface area (Å²) in [5.74, 6) is 0.394. The summed E-state index contributed by atoms with van der Waals surface area (Å²) < 4.78 is 11.5. The van der Waals surface area contributed by atoms with Crippen molar-refractivity contribution in [2.45, 2.75) is 25.9 Å². The van der Waals surface area contributed by atoms with Gasteiger partial charge in [-0.3, -0.25) is 0 Å². The number of carbonyl (C=O) groups excluding carboxylic acids is 1. The van der Waals surface area contributed by atoms with Crippen molar-refractivity contribution in [1.29, 1.82) is 0 Å². The second-order valence-corrected chi connectivity index (χ2v) is 7.74. The number of ether oxygens (including phenoxy) is 2. The van der Waals surface area contributed by atoms with E-state index in [0.717, 1.165) is 28.2 Å². The van der Waals surface area contributed by atoms with Gasteiger partial charge in [0.25, 0.3) is 0 Å². The predicted octanol–water partition coefficient (Wildman–Crippen LogP) is 4.07. The maximum atomic E-state index is 11.9. The van der Waals surface area contributed by atoms with Crippen LogP contribution in [0.3, 0.4) is 0 Å². The molecule has 0 aliphatic carbocycles. The van der Waals surface area contributed by atoms with Crippen LogP contribution < -0.4 is 4.74 Å². The van der Waals surface area contributed by atoms with Gasteiger partial charge in [-0.15, -0.1) is 11.3 Å². The highest BCUT2D eigenvalue weighted by atomic mass is 79.9. The maximum Gasteiger partial charge on any atom is 0.358 e. The third kappa shape index (κ3) is 2.58. The molecule has 0 bridgehead atoms. The van der Waals surface area contributed by atoms with E-state index in [1.807, 2.05) is 12.1 Å². The lowest BCUT2D eigenvalue weighted by molar-refractivity contribution is 0.0595. The maximum absolute atomic E-state index is 11.9. The van der Waals surface area contributed by atoms with E-state index in [4.69, 9.17) is 9.47 Å². The quantitative estimate of drug-likeness (QED) is 0.750. The molecule has 6 heteroatoms. The van der Waals surface area contributed by atoms with E-state index < -0.39 is 5.97 Å². The summed E-state index contributed by atoms with van der Waals surface area (Å²) in [5, 5.41) is 0. The molecule has 3 rings (SSSR count). The molecular formula is C15H14BrNO3S. The molecular weight excluding hydrogens is 354 g/mol. The minimum Gasteiger partial charge on any atom is -0.487 e. The van der Waals surface area contributed by atoms with Gasteiger partial charge in [0.1, 0.15) is 11.4 Å². The van der Waals surface area contributed by atoms with Crippen molar-refractivity contribution in [1.82, 2.24) is 4.98 Å². The van der Waals surface area contributed by atoms with Gasteiger partial charge in [0.2, 0.25) is 0 Å². The van der Waals surface area contributed by atoms with Crippen molar-refractivity contribution in [2.75, 3.05) is 7.11 Å². The van der Waals surface area contributed by atoms with E-state index >= 15 is 0 Å². The molecule has 0 saturated carbocycles. The van der Waals surface area contributed by atoms with Crippen LogP contribution in [-0.4, -0.2) is 23.7 Å². The van der Waals surface area contributed by atoms with E-state index in [-0.39, 0.29) is 5.60 Å². The van der Waals surface area contributed by atoms with Crippen LogP contribution in [0.25, 0.3) is 10.4 Å². The van der Waals surface area contributed by atoms with Crippen LogP contribution in [0.5, 0.6) is 5.75 Å². The Hall–Kier alpha value is -1.40. The molecule has 0 radical (unpaired) electrons. The van der Waals surface area contributed by atoms with E-state index in [2.05, 4.69) is 40.8 Å². The van der Waals surface area contributed by atoms with E-state index in [1.54, 1.807) is 0 Å². The summed E-state index contributed by atoms with van der Waals surface area (Å²) in [6.45, 7) is 4.11. The third-order valence-corrected chi connectivity index (χ3v) is 4.86. The average molecular weight is 368 g/mol. The summed E-state index contributed by atoms with van der Waals surface area (Å²) in [6.07, 6.45) is 0.851. The summed E-state index contributed by atoms with van der Waals surface area (Å²) in [4.78, 5) is 16.9. The van der Waals surface area contributed by atoms with Gasteiger partial charge in [-0.2, -0.15) is 0 Å². The second-order valence-electron chi connectivity index (χ2n) is 5.47. The number of thiazole rings is 1. The number of aromatic nitrogens is 1. The Bertz CT molecular complexity index is 724. The molecule has 2 aromatic rings. The van der Waals surface area contributed by atoms with Gasteiger partial charge < -0.3 is 9.47 Å². The van der Waals surface area contributed by atoms with Crippen LogP contribution >= 0.6 is 27.3 Å². The van der Waals surface area contributed by atoms with Crippen molar-refractivity contribution in [3.8, 4) is 16.2 Å². The molecule has 0 atom stereocenters. The molecule has 0 spiro atoms. The molecule has 4 nitrogen and oxygen atoms in total. The molecule has 0 saturated heterocycles. The van der Waals surface area contributed by atoms with Gasteiger partial charge in [0.15, 0.2) is 9.61 Å². The smallest absolute Gasteiger partial charge is 0.358 e. The van der Waals surface area contributed by atoms with E-state index in [9.17, 15) is 4.79 Å². The highest BCUT2D eigenvalue weighted by Gasteiger charge is 2.33. The highest BCUT2D eigenvalue weighted by molar-refractivity contribution is 9.11. The molecule has 110 valence electrons. The summed E-state index contributed by atoms with van der Waals surface area (Å²) in [6, 6.07) is 5.99. The Balaban J connectivity index is 2.16. The van der Waals surface area contributed by atoms with Gasteiger partial charge in [0.05, 0.1) is 12.0 Å². The number of rotatable bonds is 2. The third-order valence-electron chi connectivity index (χ3n) is 3.32. The number of esters is 1. The van der Waals surface area contributed by atoms with Crippen LogP contribution in [0.1, 0.15) is 29.9 Å². The second kappa shape index (κ2) is 5.10. The molecule has 21 heavy (non-hydrogen) atoms. The Kier molecular flexibility index (Phi) is 3.53. The summed E-state index contributed by atoms with van der Waals surface area (Å²) >= 11 is 4.74. The molecule has 0 amide bonds. The largest absolute Gasteiger partial charge is 0.487 e. The lowest BCUT2D eigenvalue weighted by atomic mass is 10.00. The fourth-order valence-corrected chi connectivity index (χ4v) is 3.97. The number of hydrogen-bond donors (Lipinski definition) is 0. The lowest BCUT2D eigenvalue weighted by Crippen LogP contribution is -2.24. The Labute approximate surface area is 135 Å². The first-order valence-corrected chi connectivity index (χ1v) is 8.08. The Morgan fingerprint density at radius 3 is 2.95 bits per heavy atom. The molecule has 0 fully saturated rings. The van der Waals surface area contributed by atoms with Gasteiger partial charge in [0, 0.05) is 12.0 Å². The van der Waals surface area contributed by atoms with Crippen LogP contribution in [0.2, 0.25) is 0 Å². The lowest BCUT2D eigenvalue weighted by Gasteiger charge is -2.18. The summed E-state index contributed by atoms with van der Waals surface area (Å²) in [7, 11) is 1.36. The monoisotopic (exact) mass is 367 g/mol. The zero-order valence-electron chi connectivity index (χ0n) is 11.9. The van der Waals surface area contributed by atoms with Crippen molar-refractivity contribution in [3.05, 3.63) is 33.4 Å². The summed E-state index contributed by atoms with van der Waals surface area (Å²) in [5.41, 5.74) is 2.13. The number of carbonyl (C=O) groups is 1. The van der Waals surface area contributed by atoms with E-state index in [1.165, 1.54) is 18.4 Å². The first kappa shape index (κ1) is 14.5. The van der Waals surface area contributed by atoms with Crippen molar-refractivity contribution >= 4 is 33.2 Å². The number of benzene rings is 1. The molecule has 1 aliphatic heterocycles. The molecule has 1 aromatic heterocycles. The van der Waals surface area contributed by atoms with Gasteiger partial charge in [-0.05, 0) is 41.4 Å². The van der Waals surface area contributed by atoms with Crippen molar-refractivity contribution < 1.29 is 14.3 Å². The molecule has 0 unspecified atom stereocenters. The van der Waals surface area contributed by atoms with Crippen molar-refractivity contribution in [3.63, 3.8) is 0 Å². The predicted molar refractivity (Wildman–Crippen MR) is 85.0 cm³/mol. The van der Waals surface area contributed by atoms with Crippen LogP contribution in [0.4, 0.5) is 0 Å². The number of methoxy groups -OCH3 is 1. The average Bonchev–Trinajstić information content (AvgIpc) is 2.95. The van der Waals surface area contributed by atoms with Crippen LogP contribution in [-0.2, 0) is 11.2 Å². The number of halogens is 1. The van der Waals surface area contributed by atoms with Crippen molar-refractivity contribution in [2.24, 2.45) is 0 Å². The van der Waals surface area contributed by atoms with Crippen LogP contribution in [0.15, 0.2) is 22.1 Å². The Morgan fingerprint density at radius 1 is 1.48 bits per heavy atom. The minimum absolute atomic E-state index is 0.230. The van der Waals surface area contributed by atoms with Gasteiger partial charge in [-0.25, -0.2) is 9.78 Å². The first-order valence-electron chi connectivity index (χ1n) is 6.47. The molecule has 2 heterocycles. The fourth-order valence-electron chi connectivity index (χ4n) is 2.51. The SMILES string of the molecule is COC(=O)c1nc(Br)sc1-c1cccc2c1OC(C)(C)C2. The molecule has 1 aromatic carbocycles. The molecule has 0 N–H and O–H groups in total. The number of nitrogens with zero attached hydrogens (tertiary/aromatic N) is 1. The van der Waals surface area contributed by atoms with E-state index in [0.29, 0.717) is 9.61 Å². The Morgan fingerprint density at radius 2 is 2.24 bits per heavy atom. The van der Waals surface area contributed by atoms with Gasteiger partial charge >= 0.3 is 5.97 Å². The number of para-hydroxylation sites is 1. The normalized spacial score (nSPS) is 15.4. The zero-order chi connectivity index (χ0) is 15.2. The first-order chi connectivity index (χ1) is 9.91. The zero-order valence-corrected chi connectivity index (χ0v) is 14.3. The van der Waals surface area contributed by atoms with Gasteiger partial charge in [-0.1, -0.05) is 12.1 Å². The fraction of sp³-hybridized carbons (Fsp3) is 0.333. The minimum atomic E-state index is -0.443. The van der Waals surface area contributed by atoms with Crippen LogP contribution in [0, 0.1) is 0 Å². The topological polar surface area (TPSA) is 48.4 Å². The standard InChI is InChI=1S/C15H14BrNO3S/c1-15(2)7-8-5-4-6-9(11(8)20-15)12-10(13(18)19-3)17-14(16)21-12/h4-6H,7H2,1-3H3.